The fraction of sp³-hybridized carbons (Fsp3) is 0.417. The Morgan fingerprint density at radius 3 is 2.79 bits per heavy atom. The third-order valence-corrected chi connectivity index (χ3v) is 3.62. The zero-order chi connectivity index (χ0) is 14.4. The molecule has 0 aliphatic heterocycles. The number of amides is 1. The van der Waals surface area contributed by atoms with Gasteiger partial charge >= 0.3 is 5.69 Å². The molecular weight excluding hydrogens is 316 g/mol. The van der Waals surface area contributed by atoms with Crippen molar-refractivity contribution in [3.05, 3.63) is 33.9 Å². The van der Waals surface area contributed by atoms with Gasteiger partial charge in [0.2, 0.25) is 0 Å². The second-order valence-corrected chi connectivity index (χ2v) is 4.76. The average molecular weight is 331 g/mol. The van der Waals surface area contributed by atoms with Gasteiger partial charge in [-0.25, -0.2) is 0 Å². The number of nitrogens with one attached hydrogen (secondary N) is 1. The minimum Gasteiger partial charge on any atom is -0.490 e. The highest BCUT2D eigenvalue weighted by molar-refractivity contribution is 9.09. The minimum absolute atomic E-state index is 0.0752. The van der Waals surface area contributed by atoms with Crippen LogP contribution in [-0.2, 0) is 0 Å². The first-order valence-electron chi connectivity index (χ1n) is 5.66. The first kappa shape index (κ1) is 15.4. The summed E-state index contributed by atoms with van der Waals surface area (Å²) in [5.74, 6) is 0.107. The van der Waals surface area contributed by atoms with Crippen LogP contribution in [0.15, 0.2) is 18.2 Å². The van der Waals surface area contributed by atoms with Crippen molar-refractivity contribution in [1.29, 1.82) is 0 Å². The lowest BCUT2D eigenvalue weighted by atomic mass is 10.1. The Balaban J connectivity index is 2.84. The van der Waals surface area contributed by atoms with Gasteiger partial charge in [-0.1, -0.05) is 22.9 Å². The molecule has 0 heterocycles. The van der Waals surface area contributed by atoms with Gasteiger partial charge in [0.25, 0.3) is 5.91 Å². The third-order valence-electron chi connectivity index (χ3n) is 2.51. The van der Waals surface area contributed by atoms with Crippen LogP contribution in [0.2, 0.25) is 0 Å². The van der Waals surface area contributed by atoms with Gasteiger partial charge in [0.15, 0.2) is 5.75 Å². The van der Waals surface area contributed by atoms with Crippen LogP contribution < -0.4 is 10.1 Å². The Morgan fingerprint density at radius 2 is 2.26 bits per heavy atom. The Bertz CT molecular complexity index is 479. The lowest BCUT2D eigenvalue weighted by Crippen LogP contribution is -2.28. The highest BCUT2D eigenvalue weighted by Crippen LogP contribution is 2.27. The van der Waals surface area contributed by atoms with Gasteiger partial charge < -0.3 is 10.1 Å². The zero-order valence-electron chi connectivity index (χ0n) is 10.7. The average Bonchev–Trinajstić information content (AvgIpc) is 2.43. The van der Waals surface area contributed by atoms with Crippen molar-refractivity contribution in [3.63, 3.8) is 0 Å². The van der Waals surface area contributed by atoms with E-state index in [-0.39, 0.29) is 17.3 Å². The number of hydrogen-bond donors (Lipinski definition) is 1. The third kappa shape index (κ3) is 4.20. The van der Waals surface area contributed by atoms with Crippen molar-refractivity contribution >= 4 is 27.5 Å². The van der Waals surface area contributed by atoms with E-state index >= 15 is 0 Å². The first-order valence-corrected chi connectivity index (χ1v) is 6.78. The van der Waals surface area contributed by atoms with Crippen molar-refractivity contribution in [2.24, 2.45) is 5.92 Å². The smallest absolute Gasteiger partial charge is 0.310 e. The van der Waals surface area contributed by atoms with Gasteiger partial charge in [-0.05, 0) is 12.0 Å². The Hall–Kier alpha value is -1.63. The van der Waals surface area contributed by atoms with E-state index in [2.05, 4.69) is 21.2 Å². The van der Waals surface area contributed by atoms with Crippen LogP contribution in [0, 0.1) is 16.0 Å². The molecule has 1 rings (SSSR count). The van der Waals surface area contributed by atoms with Crippen molar-refractivity contribution < 1.29 is 14.5 Å². The molecule has 7 heteroatoms. The summed E-state index contributed by atoms with van der Waals surface area (Å²) in [6.07, 6.45) is 0. The van der Waals surface area contributed by atoms with Crippen LogP contribution in [0.4, 0.5) is 5.69 Å². The number of carbonyl (C=O) groups is 1. The fourth-order valence-corrected chi connectivity index (χ4v) is 1.62. The van der Waals surface area contributed by atoms with Crippen molar-refractivity contribution in [1.82, 2.24) is 5.32 Å². The first-order chi connectivity index (χ1) is 8.99. The van der Waals surface area contributed by atoms with E-state index in [0.717, 1.165) is 5.33 Å². The van der Waals surface area contributed by atoms with Crippen LogP contribution in [0.25, 0.3) is 0 Å². The second kappa shape index (κ2) is 7.08. The van der Waals surface area contributed by atoms with Gasteiger partial charge in [0.05, 0.1) is 12.0 Å². The van der Waals surface area contributed by atoms with Crippen LogP contribution in [-0.4, -0.2) is 29.8 Å². The number of ether oxygens (including phenoxy) is 1. The number of benzene rings is 1. The van der Waals surface area contributed by atoms with Crippen LogP contribution in [0.1, 0.15) is 17.3 Å². The number of nitro groups is 1. The summed E-state index contributed by atoms with van der Waals surface area (Å²) in [5, 5.41) is 14.3. The predicted octanol–water partition coefficient (Wildman–Crippen LogP) is 2.36. The number of carbonyl (C=O) groups excluding carboxylic acids is 1. The van der Waals surface area contributed by atoms with E-state index in [9.17, 15) is 14.9 Å². The molecule has 0 aromatic heterocycles. The molecule has 0 aliphatic rings. The van der Waals surface area contributed by atoms with E-state index in [4.69, 9.17) is 4.74 Å². The normalized spacial score (nSPS) is 11.7. The predicted molar refractivity (Wildman–Crippen MR) is 74.9 cm³/mol. The topological polar surface area (TPSA) is 81.5 Å². The molecule has 1 amide bonds. The quantitative estimate of drug-likeness (QED) is 0.493. The summed E-state index contributed by atoms with van der Waals surface area (Å²) in [7, 11) is 1.33. The molecule has 1 atom stereocenters. The van der Waals surface area contributed by atoms with Crippen molar-refractivity contribution in [3.8, 4) is 5.75 Å². The molecule has 0 saturated heterocycles. The summed E-state index contributed by atoms with van der Waals surface area (Å²) in [4.78, 5) is 22.0. The summed E-state index contributed by atoms with van der Waals surface area (Å²) < 4.78 is 4.92. The zero-order valence-corrected chi connectivity index (χ0v) is 12.3. The number of nitrogens with zero attached hydrogens (tertiary/aromatic N) is 1. The van der Waals surface area contributed by atoms with E-state index in [1.165, 1.54) is 25.3 Å². The Morgan fingerprint density at radius 1 is 1.58 bits per heavy atom. The Kier molecular flexibility index (Phi) is 5.75. The molecule has 19 heavy (non-hydrogen) atoms. The lowest BCUT2D eigenvalue weighted by Gasteiger charge is -2.10. The van der Waals surface area contributed by atoms with E-state index in [0.29, 0.717) is 18.0 Å². The molecule has 0 fully saturated rings. The van der Waals surface area contributed by atoms with E-state index < -0.39 is 4.92 Å². The molecule has 6 nitrogen and oxygen atoms in total. The number of methoxy groups -OCH3 is 1. The molecule has 1 unspecified atom stereocenters. The maximum Gasteiger partial charge on any atom is 0.310 e. The molecule has 104 valence electrons. The summed E-state index contributed by atoms with van der Waals surface area (Å²) >= 11 is 3.32. The highest BCUT2D eigenvalue weighted by atomic mass is 79.9. The monoisotopic (exact) mass is 330 g/mol. The molecule has 1 aromatic rings. The number of nitro benzene ring substituents is 1. The maximum atomic E-state index is 11.9. The number of rotatable bonds is 6. The number of halogens is 1. The minimum atomic E-state index is -0.548. The standard InChI is InChI=1S/C12H15BrN2O4/c1-8(6-13)7-14-12(16)9-3-4-10(15(17)18)11(5-9)19-2/h3-5,8H,6-7H2,1-2H3,(H,14,16). The molecule has 0 saturated carbocycles. The van der Waals surface area contributed by atoms with Crippen LogP contribution >= 0.6 is 15.9 Å². The van der Waals surface area contributed by atoms with Crippen LogP contribution in [0.5, 0.6) is 5.75 Å². The molecule has 1 N–H and O–H groups in total. The summed E-state index contributed by atoms with van der Waals surface area (Å²) in [6.45, 7) is 2.52. The molecule has 1 aromatic carbocycles. The summed E-state index contributed by atoms with van der Waals surface area (Å²) in [6, 6.07) is 4.04. The number of hydrogen-bond acceptors (Lipinski definition) is 4. The van der Waals surface area contributed by atoms with Gasteiger partial charge in [-0.2, -0.15) is 0 Å². The van der Waals surface area contributed by atoms with E-state index in [1.807, 2.05) is 6.92 Å². The fourth-order valence-electron chi connectivity index (χ4n) is 1.39. The second-order valence-electron chi connectivity index (χ2n) is 4.11. The molecular formula is C12H15BrN2O4. The number of alkyl halides is 1. The molecule has 0 spiro atoms. The van der Waals surface area contributed by atoms with Crippen LogP contribution in [0.3, 0.4) is 0 Å². The summed E-state index contributed by atoms with van der Waals surface area (Å²) in [5.41, 5.74) is 0.178. The molecule has 0 aliphatic carbocycles. The Labute approximate surface area is 119 Å². The highest BCUT2D eigenvalue weighted by Gasteiger charge is 2.17. The molecule has 0 bridgehead atoms. The van der Waals surface area contributed by atoms with Crippen molar-refractivity contribution in [2.75, 3.05) is 19.0 Å². The SMILES string of the molecule is COc1cc(C(=O)NCC(C)CBr)ccc1[N+](=O)[O-]. The van der Waals surface area contributed by atoms with Gasteiger partial charge in [0, 0.05) is 29.6 Å². The van der Waals surface area contributed by atoms with E-state index in [1.54, 1.807) is 0 Å². The molecule has 0 radical (unpaired) electrons. The van der Waals surface area contributed by atoms with Gasteiger partial charge in [-0.15, -0.1) is 0 Å². The van der Waals surface area contributed by atoms with Gasteiger partial charge in [-0.3, -0.25) is 14.9 Å². The lowest BCUT2D eigenvalue weighted by molar-refractivity contribution is -0.385. The largest absolute Gasteiger partial charge is 0.490 e. The van der Waals surface area contributed by atoms with Gasteiger partial charge in [0.1, 0.15) is 0 Å². The maximum absolute atomic E-state index is 11.9. The van der Waals surface area contributed by atoms with Crippen molar-refractivity contribution in [2.45, 2.75) is 6.92 Å².